The Morgan fingerprint density at radius 1 is 1.40 bits per heavy atom. The third-order valence-electron chi connectivity index (χ3n) is 3.75. The molecule has 3 atom stereocenters. The normalized spacial score (nSPS) is 33.2. The molecule has 1 saturated heterocycles. The summed E-state index contributed by atoms with van der Waals surface area (Å²) in [5.41, 5.74) is 0. The maximum absolute atomic E-state index is 5.15. The van der Waals surface area contributed by atoms with Crippen molar-refractivity contribution in [3.05, 3.63) is 0 Å². The van der Waals surface area contributed by atoms with Gasteiger partial charge in [-0.25, -0.2) is 0 Å². The van der Waals surface area contributed by atoms with Gasteiger partial charge in [-0.3, -0.25) is 4.90 Å². The first-order valence-electron chi connectivity index (χ1n) is 6.17. The fraction of sp³-hybridized carbons (Fsp3) is 1.00. The number of nitrogens with one attached hydrogen (secondary N) is 1. The summed E-state index contributed by atoms with van der Waals surface area (Å²) >= 11 is 0. The van der Waals surface area contributed by atoms with Crippen molar-refractivity contribution in [1.82, 2.24) is 10.2 Å². The van der Waals surface area contributed by atoms with Gasteiger partial charge in [-0.2, -0.15) is 0 Å². The Morgan fingerprint density at radius 3 is 2.73 bits per heavy atom. The smallest absolute Gasteiger partial charge is 0.0589 e. The van der Waals surface area contributed by atoms with E-state index in [1.807, 2.05) is 0 Å². The zero-order valence-corrected chi connectivity index (χ0v) is 10.6. The largest absolute Gasteiger partial charge is 0.383 e. The summed E-state index contributed by atoms with van der Waals surface area (Å²) in [6.07, 6.45) is 1.27. The van der Waals surface area contributed by atoms with Gasteiger partial charge in [-0.05, 0) is 25.8 Å². The molecule has 1 N–H and O–H groups in total. The first kappa shape index (κ1) is 12.9. The quantitative estimate of drug-likeness (QED) is 0.747. The van der Waals surface area contributed by atoms with Crippen molar-refractivity contribution in [3.63, 3.8) is 0 Å². The van der Waals surface area contributed by atoms with E-state index in [4.69, 9.17) is 4.74 Å². The Bertz CT molecular complexity index is 173. The Morgan fingerprint density at radius 2 is 2.13 bits per heavy atom. The van der Waals surface area contributed by atoms with Gasteiger partial charge in [0.05, 0.1) is 6.61 Å². The van der Waals surface area contributed by atoms with Gasteiger partial charge in [-0.15, -0.1) is 0 Å². The molecule has 0 radical (unpaired) electrons. The Labute approximate surface area is 94.2 Å². The summed E-state index contributed by atoms with van der Waals surface area (Å²) in [6.45, 7) is 11.1. The lowest BCUT2D eigenvalue weighted by atomic mass is 9.87. The number of likely N-dealkylation sites (tertiary alicyclic amines) is 1. The van der Waals surface area contributed by atoms with Crippen LogP contribution >= 0.6 is 0 Å². The fourth-order valence-corrected chi connectivity index (χ4v) is 2.51. The molecule has 1 aliphatic heterocycles. The number of rotatable bonds is 5. The molecule has 3 heteroatoms. The number of piperidine rings is 1. The van der Waals surface area contributed by atoms with Crippen molar-refractivity contribution in [2.24, 2.45) is 5.92 Å². The van der Waals surface area contributed by atoms with Crippen LogP contribution in [0, 0.1) is 5.92 Å². The van der Waals surface area contributed by atoms with E-state index in [2.05, 4.69) is 31.0 Å². The summed E-state index contributed by atoms with van der Waals surface area (Å²) in [7, 11) is 1.78. The van der Waals surface area contributed by atoms with E-state index >= 15 is 0 Å². The molecule has 1 heterocycles. The Balaban J connectivity index is 2.41. The molecule has 0 saturated carbocycles. The molecule has 15 heavy (non-hydrogen) atoms. The Kier molecular flexibility index (Phi) is 5.58. The molecule has 0 aromatic carbocycles. The maximum atomic E-state index is 5.15. The third kappa shape index (κ3) is 3.44. The van der Waals surface area contributed by atoms with Crippen LogP contribution in [0.15, 0.2) is 0 Å². The summed E-state index contributed by atoms with van der Waals surface area (Å²) < 4.78 is 5.15. The average molecular weight is 214 g/mol. The molecule has 0 aromatic rings. The summed E-state index contributed by atoms with van der Waals surface area (Å²) in [5.74, 6) is 0.732. The van der Waals surface area contributed by atoms with Crippen molar-refractivity contribution >= 4 is 0 Å². The van der Waals surface area contributed by atoms with E-state index in [1.54, 1.807) is 7.11 Å². The van der Waals surface area contributed by atoms with Crippen LogP contribution in [0.5, 0.6) is 0 Å². The monoisotopic (exact) mass is 214 g/mol. The van der Waals surface area contributed by atoms with Gasteiger partial charge >= 0.3 is 0 Å². The lowest BCUT2D eigenvalue weighted by Crippen LogP contribution is -2.53. The molecule has 0 aliphatic carbocycles. The van der Waals surface area contributed by atoms with Crippen LogP contribution in [0.2, 0.25) is 0 Å². The minimum atomic E-state index is 0.665. The highest BCUT2D eigenvalue weighted by atomic mass is 16.5. The SMILES string of the molecule is CCNC1CCN(CCOC)C(C)C1C. The van der Waals surface area contributed by atoms with Gasteiger partial charge in [0.1, 0.15) is 0 Å². The topological polar surface area (TPSA) is 24.5 Å². The summed E-state index contributed by atoms with van der Waals surface area (Å²) in [4.78, 5) is 2.54. The van der Waals surface area contributed by atoms with Crippen LogP contribution in [-0.2, 0) is 4.74 Å². The molecule has 1 rings (SSSR count). The van der Waals surface area contributed by atoms with Crippen LogP contribution < -0.4 is 5.32 Å². The standard InChI is InChI=1S/C12H26N2O/c1-5-13-12-6-7-14(8-9-15-4)11(3)10(12)2/h10-13H,5-9H2,1-4H3. The van der Waals surface area contributed by atoms with Crippen LogP contribution in [0.3, 0.4) is 0 Å². The highest BCUT2D eigenvalue weighted by molar-refractivity contribution is 4.88. The van der Waals surface area contributed by atoms with Gasteiger partial charge in [0.15, 0.2) is 0 Å². The van der Waals surface area contributed by atoms with Crippen LogP contribution in [0.1, 0.15) is 27.2 Å². The molecule has 1 fully saturated rings. The van der Waals surface area contributed by atoms with Crippen molar-refractivity contribution < 1.29 is 4.74 Å². The molecule has 1 aliphatic rings. The number of methoxy groups -OCH3 is 1. The minimum absolute atomic E-state index is 0.665. The predicted molar refractivity (Wildman–Crippen MR) is 64.2 cm³/mol. The first-order valence-corrected chi connectivity index (χ1v) is 6.17. The molecular formula is C12H26N2O. The average Bonchev–Trinajstić information content (AvgIpc) is 2.24. The fourth-order valence-electron chi connectivity index (χ4n) is 2.51. The molecule has 0 spiro atoms. The first-order chi connectivity index (χ1) is 7.20. The van der Waals surface area contributed by atoms with Crippen molar-refractivity contribution in [2.75, 3.05) is 33.4 Å². The number of hydrogen-bond acceptors (Lipinski definition) is 3. The van der Waals surface area contributed by atoms with Crippen LogP contribution in [0.25, 0.3) is 0 Å². The highest BCUT2D eigenvalue weighted by Gasteiger charge is 2.31. The molecule has 0 amide bonds. The molecule has 90 valence electrons. The second-order valence-corrected chi connectivity index (χ2v) is 4.58. The minimum Gasteiger partial charge on any atom is -0.383 e. The zero-order valence-electron chi connectivity index (χ0n) is 10.6. The van der Waals surface area contributed by atoms with Gasteiger partial charge in [-0.1, -0.05) is 13.8 Å². The molecule has 0 aromatic heterocycles. The Hall–Kier alpha value is -0.120. The van der Waals surface area contributed by atoms with Gasteiger partial charge in [0.25, 0.3) is 0 Å². The van der Waals surface area contributed by atoms with Crippen LogP contribution in [-0.4, -0.2) is 50.3 Å². The van der Waals surface area contributed by atoms with Crippen molar-refractivity contribution in [1.29, 1.82) is 0 Å². The van der Waals surface area contributed by atoms with Crippen molar-refractivity contribution in [2.45, 2.75) is 39.3 Å². The van der Waals surface area contributed by atoms with Crippen LogP contribution in [0.4, 0.5) is 0 Å². The zero-order chi connectivity index (χ0) is 11.3. The van der Waals surface area contributed by atoms with E-state index in [9.17, 15) is 0 Å². The van der Waals surface area contributed by atoms with Gasteiger partial charge in [0, 0.05) is 32.3 Å². The van der Waals surface area contributed by atoms with E-state index in [1.165, 1.54) is 13.0 Å². The molecule has 3 nitrogen and oxygen atoms in total. The van der Waals surface area contributed by atoms with Crippen molar-refractivity contribution in [3.8, 4) is 0 Å². The second-order valence-electron chi connectivity index (χ2n) is 4.58. The number of nitrogens with zero attached hydrogens (tertiary/aromatic N) is 1. The predicted octanol–water partition coefficient (Wildman–Crippen LogP) is 1.34. The highest BCUT2D eigenvalue weighted by Crippen LogP contribution is 2.23. The van der Waals surface area contributed by atoms with E-state index < -0.39 is 0 Å². The molecular weight excluding hydrogens is 188 g/mol. The summed E-state index contributed by atoms with van der Waals surface area (Å²) in [5, 5.41) is 3.58. The molecule has 3 unspecified atom stereocenters. The third-order valence-corrected chi connectivity index (χ3v) is 3.75. The van der Waals surface area contributed by atoms with E-state index in [0.29, 0.717) is 12.1 Å². The van der Waals surface area contributed by atoms with Gasteiger partial charge < -0.3 is 10.1 Å². The lowest BCUT2D eigenvalue weighted by Gasteiger charge is -2.43. The lowest BCUT2D eigenvalue weighted by molar-refractivity contribution is 0.0583. The van der Waals surface area contributed by atoms with E-state index in [-0.39, 0.29) is 0 Å². The maximum Gasteiger partial charge on any atom is 0.0589 e. The molecule has 0 bridgehead atoms. The van der Waals surface area contributed by atoms with Gasteiger partial charge in [0.2, 0.25) is 0 Å². The second kappa shape index (κ2) is 6.46. The summed E-state index contributed by atoms with van der Waals surface area (Å²) in [6, 6.07) is 1.36. The number of hydrogen-bond donors (Lipinski definition) is 1. The van der Waals surface area contributed by atoms with E-state index in [0.717, 1.165) is 25.6 Å². The number of ether oxygens (including phenoxy) is 1.